The Morgan fingerprint density at radius 3 is 1.00 bits per heavy atom. The van der Waals surface area contributed by atoms with E-state index in [1.54, 1.807) is 0 Å². The Morgan fingerprint density at radius 2 is 1.00 bits per heavy atom. The predicted molar refractivity (Wildman–Crippen MR) is 11.5 cm³/mol. The molecule has 0 aliphatic heterocycles. The second-order valence-electron chi connectivity index (χ2n) is 0. The smallest absolute Gasteiger partial charge is 0 e. The van der Waals surface area contributed by atoms with Crippen LogP contribution < -0.4 is 0 Å². The molecule has 0 saturated heterocycles. The summed E-state index contributed by atoms with van der Waals surface area (Å²) >= 11 is 0. The molecule has 0 aromatic rings. The van der Waals surface area contributed by atoms with Crippen molar-refractivity contribution in [1.29, 1.82) is 0 Å². The summed E-state index contributed by atoms with van der Waals surface area (Å²) in [6.45, 7) is 0. The molecule has 4 heavy (non-hydrogen) atoms. The van der Waals surface area contributed by atoms with Gasteiger partial charge in [0.05, 0.1) is 0 Å². The Morgan fingerprint density at radius 1 is 1.00 bits per heavy atom. The van der Waals surface area contributed by atoms with Gasteiger partial charge in [-0.25, -0.2) is 0 Å². The first-order valence-corrected chi connectivity index (χ1v) is 0. The average Bonchev–Trinajstić information content (AvgIpc) is 0. The molecule has 0 bridgehead atoms. The van der Waals surface area contributed by atoms with Crippen molar-refractivity contribution in [2.75, 3.05) is 0 Å². The third kappa shape index (κ3) is 8.82. The molecule has 5 radical (unpaired) electrons. The fourth-order valence-corrected chi connectivity index (χ4v) is 0. The van der Waals surface area contributed by atoms with Crippen LogP contribution in [0.3, 0.4) is 0 Å². The van der Waals surface area contributed by atoms with Crippen LogP contribution in [-0.4, -0.2) is 46.2 Å². The molecule has 0 spiro atoms. The van der Waals surface area contributed by atoms with E-state index in [1.165, 1.54) is 0 Å². The van der Waals surface area contributed by atoms with E-state index in [0.717, 1.165) is 0 Å². The fourth-order valence-electron chi connectivity index (χ4n) is 0. The van der Waals surface area contributed by atoms with Crippen LogP contribution in [0.2, 0.25) is 0 Å². The van der Waals surface area contributed by atoms with Crippen molar-refractivity contribution in [3.8, 4) is 0 Å². The van der Waals surface area contributed by atoms with E-state index >= 15 is 0 Å². The van der Waals surface area contributed by atoms with Gasteiger partial charge < -0.3 is 0 Å². The molecular weight excluding hydrogens is 172 g/mol. The van der Waals surface area contributed by atoms with E-state index in [0.29, 0.717) is 0 Å². The standard InChI is InChI=1S/B.Ca.Fe.Zn. The monoisotopic (exact) mass is 171 g/mol. The quantitative estimate of drug-likeness (QED) is 0.421. The topological polar surface area (TPSA) is 0 Å². The third-order valence-corrected chi connectivity index (χ3v) is 0. The van der Waals surface area contributed by atoms with Crippen molar-refractivity contribution in [1.82, 2.24) is 0 Å². The summed E-state index contributed by atoms with van der Waals surface area (Å²) in [7, 11) is 0. The van der Waals surface area contributed by atoms with E-state index in [4.69, 9.17) is 0 Å². The van der Waals surface area contributed by atoms with Gasteiger partial charge in [0.25, 0.3) is 0 Å². The second-order valence-corrected chi connectivity index (χ2v) is 0. The zero-order chi connectivity index (χ0) is 0. The van der Waals surface area contributed by atoms with Crippen molar-refractivity contribution in [3.63, 3.8) is 0 Å². The predicted octanol–water partition coefficient (Wildman–Crippen LogP) is -0.767. The maximum absolute atomic E-state index is 0. The van der Waals surface area contributed by atoms with Crippen LogP contribution in [0, 0.1) is 0 Å². The Balaban J connectivity index is 0. The van der Waals surface area contributed by atoms with E-state index in [1.807, 2.05) is 0 Å². The molecule has 0 heterocycles. The van der Waals surface area contributed by atoms with Crippen molar-refractivity contribution in [2.24, 2.45) is 0 Å². The zero-order valence-corrected chi connectivity index (χ0v) is 8.62. The second kappa shape index (κ2) is 17.9. The summed E-state index contributed by atoms with van der Waals surface area (Å²) in [6.07, 6.45) is 0. The van der Waals surface area contributed by atoms with Gasteiger partial charge in [-0.05, 0) is 0 Å². The molecule has 0 N–H and O–H groups in total. The van der Waals surface area contributed by atoms with E-state index in [-0.39, 0.29) is 82.7 Å². The van der Waals surface area contributed by atoms with E-state index in [2.05, 4.69) is 0 Å². The van der Waals surface area contributed by atoms with E-state index < -0.39 is 0 Å². The van der Waals surface area contributed by atoms with Crippen LogP contribution in [0.1, 0.15) is 0 Å². The van der Waals surface area contributed by atoms with Gasteiger partial charge in [0.15, 0.2) is 0 Å². The van der Waals surface area contributed by atoms with Gasteiger partial charge in [0, 0.05) is 82.7 Å². The minimum absolute atomic E-state index is 0. The fraction of sp³-hybridized carbons (Fsp3) is 0. The Kier molecular flexibility index (Phi) is 142. The van der Waals surface area contributed by atoms with Crippen molar-refractivity contribution in [3.05, 3.63) is 0 Å². The minimum atomic E-state index is 0. The van der Waals surface area contributed by atoms with Crippen molar-refractivity contribution >= 4 is 46.2 Å². The largest absolute Gasteiger partial charge is 0 e. The van der Waals surface area contributed by atoms with Crippen molar-refractivity contribution in [2.45, 2.75) is 0 Å². The Labute approximate surface area is 81.3 Å². The van der Waals surface area contributed by atoms with Crippen LogP contribution in [0.5, 0.6) is 0 Å². The van der Waals surface area contributed by atoms with Gasteiger partial charge in [-0.15, -0.1) is 0 Å². The molecule has 0 amide bonds. The van der Waals surface area contributed by atoms with Gasteiger partial charge in [0.2, 0.25) is 0 Å². The molecule has 0 atom stereocenters. The number of rotatable bonds is 0. The summed E-state index contributed by atoms with van der Waals surface area (Å²) < 4.78 is 0. The van der Waals surface area contributed by atoms with Crippen LogP contribution in [0.15, 0.2) is 0 Å². The first-order valence-electron chi connectivity index (χ1n) is 0. The van der Waals surface area contributed by atoms with Gasteiger partial charge in [-0.2, -0.15) is 0 Å². The zero-order valence-electron chi connectivity index (χ0n) is 2.35. The van der Waals surface area contributed by atoms with Crippen molar-refractivity contribution < 1.29 is 36.5 Å². The summed E-state index contributed by atoms with van der Waals surface area (Å²) in [4.78, 5) is 0. The SMILES string of the molecule is [B].[Ca].[Fe].[Zn]. The molecule has 4 heteroatoms. The molecular formula is BCaFeZn. The normalized spacial score (nSPS) is 0. The molecule has 0 rings (SSSR count). The summed E-state index contributed by atoms with van der Waals surface area (Å²) in [5, 5.41) is 0. The van der Waals surface area contributed by atoms with Gasteiger partial charge in [0.1, 0.15) is 0 Å². The van der Waals surface area contributed by atoms with Gasteiger partial charge in [-0.1, -0.05) is 0 Å². The molecule has 15 valence electrons. The first kappa shape index (κ1) is 31.8. The first-order chi connectivity index (χ1) is 0. The molecule has 0 fully saturated rings. The summed E-state index contributed by atoms with van der Waals surface area (Å²) in [5.74, 6) is 0. The van der Waals surface area contributed by atoms with E-state index in [9.17, 15) is 0 Å². The Bertz CT molecular complexity index is 8.00. The molecule has 0 aliphatic rings. The van der Waals surface area contributed by atoms with Crippen LogP contribution in [0.25, 0.3) is 0 Å². The maximum Gasteiger partial charge on any atom is 0 e. The van der Waals surface area contributed by atoms with Crippen LogP contribution in [-0.2, 0) is 36.5 Å². The molecule has 0 saturated carbocycles. The summed E-state index contributed by atoms with van der Waals surface area (Å²) in [5.41, 5.74) is 0. The van der Waals surface area contributed by atoms with Crippen LogP contribution in [0.4, 0.5) is 0 Å². The minimum Gasteiger partial charge on any atom is 0 e. The van der Waals surface area contributed by atoms with Crippen LogP contribution >= 0.6 is 0 Å². The Hall–Kier alpha value is 2.47. The number of hydrogen-bond donors (Lipinski definition) is 0. The average molecular weight is 172 g/mol. The molecule has 0 nitrogen and oxygen atoms in total. The molecule has 0 aliphatic carbocycles. The molecule has 0 aromatic carbocycles. The van der Waals surface area contributed by atoms with Gasteiger partial charge >= 0.3 is 0 Å². The molecule has 0 unspecified atom stereocenters. The third-order valence-electron chi connectivity index (χ3n) is 0. The summed E-state index contributed by atoms with van der Waals surface area (Å²) in [6, 6.07) is 0. The maximum atomic E-state index is 0. The van der Waals surface area contributed by atoms with Gasteiger partial charge in [-0.3, -0.25) is 0 Å². The number of hydrogen-bond acceptors (Lipinski definition) is 0. The molecule has 0 aromatic heterocycles.